The van der Waals surface area contributed by atoms with Crippen LogP contribution in [0.4, 0.5) is 0 Å². The third kappa shape index (κ3) is 47.1. The molecule has 60 heavy (non-hydrogen) atoms. The van der Waals surface area contributed by atoms with Gasteiger partial charge in [-0.2, -0.15) is 0 Å². The fourth-order valence-corrected chi connectivity index (χ4v) is 8.95. The topological polar surface area (TPSA) is 133 Å². The Morgan fingerprint density at radius 2 is 0.400 bits per heavy atom. The van der Waals surface area contributed by atoms with Crippen LogP contribution in [-0.2, 0) is 29.5 Å². The Morgan fingerprint density at radius 3 is 0.500 bits per heavy atom. The average molecular weight is 902 g/mol. The van der Waals surface area contributed by atoms with Gasteiger partial charge in [0.25, 0.3) is 0 Å². The molecule has 0 amide bonds. The molecule has 0 aromatic heterocycles. The minimum absolute atomic E-state index is 1.36. The smallest absolute Gasteiger partial charge is 0.246 e. The van der Waals surface area contributed by atoms with Crippen molar-refractivity contribution in [2.24, 2.45) is 0 Å². The molecule has 0 unspecified atom stereocenters. The molecule has 0 spiro atoms. The predicted molar refractivity (Wildman–Crippen MR) is 254 cm³/mol. The van der Waals surface area contributed by atoms with Crippen molar-refractivity contribution in [3.63, 3.8) is 0 Å². The SMILES string of the molecule is CCCCCC[N+](CCCCCC)(CCCCCC)CCCCCC.CCCCCC[N+](CCCCCC)(CCCCCC)CCCCCC.O=S(=O)([O-])OOS(=O)(=O)[O-]. The van der Waals surface area contributed by atoms with E-state index in [-0.39, 0.29) is 0 Å². The molecule has 10 nitrogen and oxygen atoms in total. The summed E-state index contributed by atoms with van der Waals surface area (Å²) >= 11 is 0. The van der Waals surface area contributed by atoms with Crippen LogP contribution < -0.4 is 0 Å². The molecule has 0 saturated carbocycles. The summed E-state index contributed by atoms with van der Waals surface area (Å²) in [4.78, 5) is 0. The molecular formula is C48H104N2O8S2. The van der Waals surface area contributed by atoms with Gasteiger partial charge in [-0.3, -0.25) is 0 Å². The summed E-state index contributed by atoms with van der Waals surface area (Å²) in [5.41, 5.74) is 0. The lowest BCUT2D eigenvalue weighted by Gasteiger charge is -2.39. The first-order valence-corrected chi connectivity index (χ1v) is 28.4. The number of hydrogen-bond donors (Lipinski definition) is 0. The highest BCUT2D eigenvalue weighted by Gasteiger charge is 2.27. The molecule has 0 aromatic rings. The van der Waals surface area contributed by atoms with Gasteiger partial charge in [-0.25, -0.2) is 16.8 Å². The number of nitrogens with zero attached hydrogens (tertiary/aromatic N) is 2. The Kier molecular flexibility index (Phi) is 48.2. The van der Waals surface area contributed by atoms with Crippen molar-refractivity contribution in [2.45, 2.75) is 261 Å². The highest BCUT2D eigenvalue weighted by atomic mass is 32.3. The van der Waals surface area contributed by atoms with Crippen LogP contribution in [0.3, 0.4) is 0 Å². The van der Waals surface area contributed by atoms with E-state index < -0.39 is 20.8 Å². The standard InChI is InChI=1S/2C24H52N.H2O8S2/c2*1-5-9-13-17-21-25(22-18-14-10-6-2,23-19-15-11-7-3)24-20-16-12-8-4;1-9(2,3)7-8-10(4,5)6/h2*5-24H2,1-4H3;(H,1,2,3)(H,4,5,6)/q2*+1;/p-2. The Morgan fingerprint density at radius 1 is 0.267 bits per heavy atom. The molecular weight excluding hydrogens is 797 g/mol. The van der Waals surface area contributed by atoms with Crippen LogP contribution in [0.25, 0.3) is 0 Å². The monoisotopic (exact) mass is 901 g/mol. The van der Waals surface area contributed by atoms with Gasteiger partial charge >= 0.3 is 0 Å². The average Bonchev–Trinajstić information content (AvgIpc) is 3.21. The summed E-state index contributed by atoms with van der Waals surface area (Å²) in [6, 6.07) is 0. The molecule has 0 bridgehead atoms. The summed E-state index contributed by atoms with van der Waals surface area (Å²) in [5.74, 6) is 0. The fraction of sp³-hybridized carbons (Fsp3) is 1.00. The second kappa shape index (κ2) is 45.2. The van der Waals surface area contributed by atoms with Crippen LogP contribution in [-0.4, -0.2) is 87.3 Å². The van der Waals surface area contributed by atoms with Crippen LogP contribution in [0.15, 0.2) is 0 Å². The zero-order valence-corrected chi connectivity index (χ0v) is 42.9. The fourth-order valence-electron chi connectivity index (χ4n) is 8.40. The van der Waals surface area contributed by atoms with Crippen LogP contribution in [0.2, 0.25) is 0 Å². The maximum absolute atomic E-state index is 9.37. The maximum atomic E-state index is 9.37. The number of unbranched alkanes of at least 4 members (excludes halogenated alkanes) is 24. The van der Waals surface area contributed by atoms with E-state index in [2.05, 4.69) is 64.1 Å². The Balaban J connectivity index is -0.000000884. The molecule has 0 aliphatic carbocycles. The highest BCUT2D eigenvalue weighted by molar-refractivity contribution is 7.83. The van der Waals surface area contributed by atoms with Crippen LogP contribution in [0.5, 0.6) is 0 Å². The summed E-state index contributed by atoms with van der Waals surface area (Å²) in [5, 5.41) is 0. The van der Waals surface area contributed by atoms with Gasteiger partial charge < -0.3 is 18.1 Å². The molecule has 0 fully saturated rings. The van der Waals surface area contributed by atoms with E-state index in [1.807, 2.05) is 0 Å². The third-order valence-corrected chi connectivity index (χ3v) is 12.6. The largest absolute Gasteiger partial charge is 0.724 e. The molecule has 0 atom stereocenters. The van der Waals surface area contributed by atoms with E-state index in [4.69, 9.17) is 0 Å². The van der Waals surface area contributed by atoms with Gasteiger partial charge in [0, 0.05) is 0 Å². The number of hydrogen-bond acceptors (Lipinski definition) is 8. The summed E-state index contributed by atoms with van der Waals surface area (Å²) in [6.45, 7) is 30.4. The van der Waals surface area contributed by atoms with Gasteiger partial charge in [-0.1, -0.05) is 158 Å². The minimum Gasteiger partial charge on any atom is -0.724 e. The second-order valence-corrected chi connectivity index (χ2v) is 19.8. The minimum atomic E-state index is -5.31. The molecule has 0 aromatic carbocycles. The third-order valence-electron chi connectivity index (χ3n) is 12.1. The van der Waals surface area contributed by atoms with E-state index in [1.165, 1.54) is 267 Å². The molecule has 0 N–H and O–H groups in total. The molecule has 366 valence electrons. The van der Waals surface area contributed by atoms with E-state index in [0.717, 1.165) is 0 Å². The first kappa shape index (κ1) is 63.9. The zero-order valence-electron chi connectivity index (χ0n) is 41.3. The predicted octanol–water partition coefficient (Wildman–Crippen LogP) is 14.1. The molecule has 0 heterocycles. The van der Waals surface area contributed by atoms with Crippen molar-refractivity contribution in [3.05, 3.63) is 0 Å². The van der Waals surface area contributed by atoms with E-state index in [9.17, 15) is 25.9 Å². The van der Waals surface area contributed by atoms with E-state index >= 15 is 0 Å². The quantitative estimate of drug-likeness (QED) is 0.0148. The van der Waals surface area contributed by atoms with Crippen LogP contribution in [0, 0.1) is 0 Å². The zero-order chi connectivity index (χ0) is 45.7. The molecule has 0 saturated heterocycles. The number of quaternary nitrogens is 2. The van der Waals surface area contributed by atoms with Crippen molar-refractivity contribution in [1.82, 2.24) is 0 Å². The van der Waals surface area contributed by atoms with Gasteiger partial charge in [0.15, 0.2) is 0 Å². The maximum Gasteiger partial charge on any atom is 0.246 e. The molecule has 0 aliphatic rings. The van der Waals surface area contributed by atoms with Crippen molar-refractivity contribution >= 4 is 20.8 Å². The van der Waals surface area contributed by atoms with Crippen LogP contribution in [0.1, 0.15) is 261 Å². The van der Waals surface area contributed by atoms with Gasteiger partial charge in [-0.05, 0) is 103 Å². The Bertz CT molecular complexity index is 885. The Hall–Kier alpha value is -0.340. The van der Waals surface area contributed by atoms with Gasteiger partial charge in [0.2, 0.25) is 20.8 Å². The van der Waals surface area contributed by atoms with Gasteiger partial charge in [-0.15, -0.1) is 8.67 Å². The molecule has 0 aliphatic heterocycles. The molecule has 0 radical (unpaired) electrons. The second-order valence-electron chi connectivity index (χ2n) is 17.9. The van der Waals surface area contributed by atoms with Gasteiger partial charge in [0.1, 0.15) is 0 Å². The first-order valence-electron chi connectivity index (χ1n) is 25.7. The Labute approximate surface area is 376 Å². The lowest BCUT2D eigenvalue weighted by Crippen LogP contribution is -2.50. The molecule has 12 heteroatoms. The summed E-state index contributed by atoms with van der Waals surface area (Å²) in [6.07, 6.45) is 45.7. The molecule has 0 rings (SSSR count). The van der Waals surface area contributed by atoms with E-state index in [0.29, 0.717) is 0 Å². The normalized spacial score (nSPS) is 12.2. The van der Waals surface area contributed by atoms with Crippen molar-refractivity contribution < 1.29 is 43.6 Å². The first-order chi connectivity index (χ1) is 28.7. The van der Waals surface area contributed by atoms with E-state index in [1.54, 1.807) is 0 Å². The van der Waals surface area contributed by atoms with Crippen LogP contribution >= 0.6 is 0 Å². The van der Waals surface area contributed by atoms with Crippen molar-refractivity contribution in [3.8, 4) is 0 Å². The summed E-state index contributed by atoms with van der Waals surface area (Å²) in [7, 11) is -10.6. The lowest BCUT2D eigenvalue weighted by atomic mass is 10.1. The summed E-state index contributed by atoms with van der Waals surface area (Å²) < 4.78 is 64.4. The highest BCUT2D eigenvalue weighted by Crippen LogP contribution is 2.21. The van der Waals surface area contributed by atoms with Crippen molar-refractivity contribution in [1.29, 1.82) is 0 Å². The number of rotatable bonds is 43. The lowest BCUT2D eigenvalue weighted by molar-refractivity contribution is -0.929. The van der Waals surface area contributed by atoms with Crippen molar-refractivity contribution in [2.75, 3.05) is 52.4 Å². The van der Waals surface area contributed by atoms with Gasteiger partial charge in [0.05, 0.1) is 52.4 Å².